The lowest BCUT2D eigenvalue weighted by Crippen LogP contribution is -2.31. The van der Waals surface area contributed by atoms with Gasteiger partial charge in [-0.05, 0) is 12.3 Å². The van der Waals surface area contributed by atoms with Crippen LogP contribution >= 0.6 is 0 Å². The van der Waals surface area contributed by atoms with Crippen LogP contribution in [0.25, 0.3) is 0 Å². The van der Waals surface area contributed by atoms with Gasteiger partial charge in [-0.25, -0.2) is 0 Å². The van der Waals surface area contributed by atoms with Crippen LogP contribution in [0, 0.1) is 5.92 Å². The van der Waals surface area contributed by atoms with Crippen molar-refractivity contribution in [3.8, 4) is 0 Å². The van der Waals surface area contributed by atoms with Crippen molar-refractivity contribution in [2.75, 3.05) is 0 Å². The van der Waals surface area contributed by atoms with Crippen molar-refractivity contribution in [1.82, 2.24) is 0 Å². The summed E-state index contributed by atoms with van der Waals surface area (Å²) in [5, 5.41) is 12.3. The van der Waals surface area contributed by atoms with Crippen molar-refractivity contribution in [2.45, 2.75) is 26.3 Å². The molecular formula is C6H15N2O4S-. The van der Waals surface area contributed by atoms with E-state index in [9.17, 15) is 4.79 Å². The van der Waals surface area contributed by atoms with Gasteiger partial charge in [-0.1, -0.05) is 13.8 Å². The largest absolute Gasteiger partial charge is 0.760 e. The van der Waals surface area contributed by atoms with Gasteiger partial charge in [-0.2, -0.15) is 0 Å². The van der Waals surface area contributed by atoms with E-state index in [0.29, 0.717) is 12.3 Å². The number of nitrogens with two attached hydrogens (primary N) is 2. The second-order valence-electron chi connectivity index (χ2n) is 2.83. The molecule has 0 aliphatic heterocycles. The van der Waals surface area contributed by atoms with Gasteiger partial charge in [-0.15, -0.1) is 0 Å². The monoisotopic (exact) mass is 211 g/mol. The molecule has 0 aromatic heterocycles. The Balaban J connectivity index is 0. The van der Waals surface area contributed by atoms with Gasteiger partial charge in [0.1, 0.15) is 6.04 Å². The molecule has 0 heterocycles. The lowest BCUT2D eigenvalue weighted by molar-refractivity contribution is -0.138. The summed E-state index contributed by atoms with van der Waals surface area (Å²) in [6.45, 7) is 3.89. The molecule has 6 nitrogen and oxygen atoms in total. The molecule has 0 fully saturated rings. The SMILES string of the molecule is CC(C)CC(N)C(=O)O.NS(=O)[O-]. The highest BCUT2D eigenvalue weighted by Crippen LogP contribution is 2.01. The van der Waals surface area contributed by atoms with E-state index in [1.165, 1.54) is 0 Å². The molecule has 0 aliphatic carbocycles. The molecule has 80 valence electrons. The number of hydrogen-bond acceptors (Lipinski definition) is 4. The Bertz CT molecular complexity index is 170. The molecule has 13 heavy (non-hydrogen) atoms. The fourth-order valence-corrected chi connectivity index (χ4v) is 0.609. The van der Waals surface area contributed by atoms with E-state index in [-0.39, 0.29) is 0 Å². The van der Waals surface area contributed by atoms with E-state index in [1.54, 1.807) is 0 Å². The molecular weight excluding hydrogens is 196 g/mol. The summed E-state index contributed by atoms with van der Waals surface area (Å²) >= 11 is -2.36. The van der Waals surface area contributed by atoms with Crippen molar-refractivity contribution in [2.24, 2.45) is 16.8 Å². The molecule has 0 saturated carbocycles. The molecule has 7 heteroatoms. The summed E-state index contributed by atoms with van der Waals surface area (Å²) in [5.41, 5.74) is 5.22. The molecule has 0 aliphatic rings. The van der Waals surface area contributed by atoms with Crippen LogP contribution in [0.1, 0.15) is 20.3 Å². The minimum absolute atomic E-state index is 0.357. The van der Waals surface area contributed by atoms with Crippen LogP contribution < -0.4 is 10.9 Å². The third kappa shape index (κ3) is 18.5. The highest BCUT2D eigenvalue weighted by Gasteiger charge is 2.11. The summed E-state index contributed by atoms with van der Waals surface area (Å²) in [7, 11) is 0. The van der Waals surface area contributed by atoms with Gasteiger partial charge in [0.05, 0.1) is 0 Å². The third-order valence-corrected chi connectivity index (χ3v) is 1.04. The molecule has 2 atom stereocenters. The van der Waals surface area contributed by atoms with Crippen molar-refractivity contribution in [3.63, 3.8) is 0 Å². The molecule has 0 radical (unpaired) electrons. The maximum absolute atomic E-state index is 10.1. The summed E-state index contributed by atoms with van der Waals surface area (Å²) in [6, 6.07) is -0.690. The Labute approximate surface area is 79.7 Å². The van der Waals surface area contributed by atoms with Gasteiger partial charge in [0, 0.05) is 11.3 Å². The number of carboxylic acid groups (broad SMARTS) is 1. The van der Waals surface area contributed by atoms with E-state index in [2.05, 4.69) is 5.14 Å². The normalized spacial score (nSPS) is 14.3. The summed E-state index contributed by atoms with van der Waals surface area (Å²) in [5.74, 6) is -0.556. The van der Waals surface area contributed by atoms with E-state index in [1.807, 2.05) is 13.8 Å². The average molecular weight is 211 g/mol. The Morgan fingerprint density at radius 3 is 2.00 bits per heavy atom. The van der Waals surface area contributed by atoms with E-state index < -0.39 is 23.3 Å². The molecule has 2 unspecified atom stereocenters. The topological polar surface area (TPSA) is 129 Å². The zero-order valence-electron chi connectivity index (χ0n) is 7.60. The van der Waals surface area contributed by atoms with Gasteiger partial charge in [0.15, 0.2) is 0 Å². The molecule has 0 saturated heterocycles. The predicted molar refractivity (Wildman–Crippen MR) is 48.2 cm³/mol. The van der Waals surface area contributed by atoms with E-state index in [0.717, 1.165) is 0 Å². The van der Waals surface area contributed by atoms with Gasteiger partial charge in [-0.3, -0.25) is 14.1 Å². The van der Waals surface area contributed by atoms with Crippen LogP contribution in [-0.4, -0.2) is 25.9 Å². The fourth-order valence-electron chi connectivity index (χ4n) is 0.609. The number of hydrogen-bond donors (Lipinski definition) is 3. The first-order valence-electron chi connectivity index (χ1n) is 3.59. The van der Waals surface area contributed by atoms with Gasteiger partial charge in [0.2, 0.25) is 0 Å². The smallest absolute Gasteiger partial charge is 0.320 e. The van der Waals surface area contributed by atoms with Gasteiger partial charge >= 0.3 is 5.97 Å². The number of carboxylic acids is 1. The van der Waals surface area contributed by atoms with Crippen molar-refractivity contribution < 1.29 is 18.7 Å². The molecule has 0 rings (SSSR count). The molecule has 5 N–H and O–H groups in total. The lowest BCUT2D eigenvalue weighted by atomic mass is 10.1. The molecule has 0 aromatic rings. The Kier molecular flexibility index (Phi) is 9.36. The van der Waals surface area contributed by atoms with E-state index in [4.69, 9.17) is 19.6 Å². The minimum Gasteiger partial charge on any atom is -0.760 e. The van der Waals surface area contributed by atoms with Crippen LogP contribution in [0.5, 0.6) is 0 Å². The number of rotatable bonds is 3. The maximum atomic E-state index is 10.1. The standard InChI is InChI=1S/C6H13NO2.H3NO2S/c1-4(2)3-5(7)6(8)9;1-4(2)3/h4-5H,3,7H2,1-2H3,(H,8,9);1H2,(H,2,3)/p-1. The Morgan fingerprint density at radius 1 is 1.62 bits per heavy atom. The molecule has 0 spiro atoms. The first kappa shape index (κ1) is 15.0. The maximum Gasteiger partial charge on any atom is 0.320 e. The third-order valence-electron chi connectivity index (χ3n) is 1.04. The highest BCUT2D eigenvalue weighted by atomic mass is 32.2. The van der Waals surface area contributed by atoms with Crippen LogP contribution in [0.4, 0.5) is 0 Å². The second-order valence-corrected chi connectivity index (χ2v) is 3.36. The second kappa shape index (κ2) is 8.11. The quantitative estimate of drug-likeness (QED) is 0.525. The number of aliphatic carboxylic acids is 1. The van der Waals surface area contributed by atoms with E-state index >= 15 is 0 Å². The predicted octanol–water partition coefficient (Wildman–Crippen LogP) is -0.816. The Hall–Kier alpha value is -0.500. The number of carbonyl (C=O) groups is 1. The molecule has 0 bridgehead atoms. The zero-order chi connectivity index (χ0) is 11.0. The Morgan fingerprint density at radius 2 is 1.92 bits per heavy atom. The van der Waals surface area contributed by atoms with Crippen LogP contribution in [0.3, 0.4) is 0 Å². The lowest BCUT2D eigenvalue weighted by Gasteiger charge is -2.07. The molecule has 0 amide bonds. The van der Waals surface area contributed by atoms with Crippen molar-refractivity contribution in [1.29, 1.82) is 0 Å². The highest BCUT2D eigenvalue weighted by molar-refractivity contribution is 7.76. The van der Waals surface area contributed by atoms with Crippen molar-refractivity contribution in [3.05, 3.63) is 0 Å². The molecule has 0 aromatic carbocycles. The van der Waals surface area contributed by atoms with Crippen molar-refractivity contribution >= 4 is 17.2 Å². The summed E-state index contributed by atoms with van der Waals surface area (Å²) in [4.78, 5) is 10.1. The summed E-state index contributed by atoms with van der Waals surface area (Å²) in [6.07, 6.45) is 0.551. The average Bonchev–Trinajstić information content (AvgIpc) is 1.83. The minimum atomic E-state index is -2.36. The van der Waals surface area contributed by atoms with Gasteiger partial charge in [0.25, 0.3) is 0 Å². The first-order valence-corrected chi connectivity index (χ1v) is 4.73. The van der Waals surface area contributed by atoms with Crippen LogP contribution in [0.2, 0.25) is 0 Å². The van der Waals surface area contributed by atoms with Gasteiger partial charge < -0.3 is 15.4 Å². The van der Waals surface area contributed by atoms with Crippen LogP contribution in [0.15, 0.2) is 0 Å². The fraction of sp³-hybridized carbons (Fsp3) is 0.833. The zero-order valence-corrected chi connectivity index (χ0v) is 8.41. The summed E-state index contributed by atoms with van der Waals surface area (Å²) < 4.78 is 17.6. The first-order chi connectivity index (χ1) is 5.77. The van der Waals surface area contributed by atoms with Crippen LogP contribution in [-0.2, 0) is 16.1 Å².